The minimum atomic E-state index is -0.778. The Bertz CT molecular complexity index is 1520. The summed E-state index contributed by atoms with van der Waals surface area (Å²) < 4.78 is 16.9. The molecule has 0 heterocycles. The van der Waals surface area contributed by atoms with Crippen LogP contribution in [0.3, 0.4) is 0 Å². The van der Waals surface area contributed by atoms with Crippen molar-refractivity contribution in [1.82, 2.24) is 0 Å². The van der Waals surface area contributed by atoms with Crippen LogP contribution in [0.5, 0.6) is 0 Å². The Morgan fingerprint density at radius 2 is 0.487 bits per heavy atom. The standard InChI is InChI=1S/C74H130O6/c1-4-7-10-13-16-19-22-25-27-29-30-31-32-33-34-35-36-37-38-39-40-41-42-43-44-45-47-49-52-55-58-61-64-67-73(76)79-70-71(69-78-72(75)66-63-60-57-54-51-48-24-21-18-15-12-9-6-3)80-74(77)68-65-62-59-56-53-50-46-28-26-23-20-17-14-11-8-5-2/h7,10,16,19,25,27-28,30-31,33-34,36-37,46,71H,4-6,8-9,11-15,17-18,20-24,26,29,32,35,38-45,47-70H2,1-3H3/b10-7-,19-16-,27-25-,31-30-,34-33-,37-36-,46-28-. The smallest absolute Gasteiger partial charge is 0.306 e. The van der Waals surface area contributed by atoms with Gasteiger partial charge in [-0.15, -0.1) is 0 Å². The molecule has 462 valence electrons. The second-order valence-electron chi connectivity index (χ2n) is 23.1. The summed E-state index contributed by atoms with van der Waals surface area (Å²) in [5, 5.41) is 0. The second-order valence-corrected chi connectivity index (χ2v) is 23.1. The maximum Gasteiger partial charge on any atom is 0.306 e. The van der Waals surface area contributed by atoms with Gasteiger partial charge in [0.25, 0.3) is 0 Å². The first-order chi connectivity index (χ1) is 39.5. The molecule has 0 aromatic rings. The van der Waals surface area contributed by atoms with Crippen molar-refractivity contribution in [3.8, 4) is 0 Å². The number of allylic oxidation sites excluding steroid dienone is 14. The van der Waals surface area contributed by atoms with Crippen molar-refractivity contribution in [2.24, 2.45) is 0 Å². The number of esters is 3. The molecule has 0 N–H and O–H groups in total. The van der Waals surface area contributed by atoms with Crippen LogP contribution in [-0.2, 0) is 28.6 Å². The maximum atomic E-state index is 12.9. The zero-order chi connectivity index (χ0) is 57.8. The van der Waals surface area contributed by atoms with Crippen LogP contribution in [0.1, 0.15) is 348 Å². The van der Waals surface area contributed by atoms with Crippen LogP contribution in [0.15, 0.2) is 85.1 Å². The number of carbonyl (C=O) groups excluding carboxylic acids is 3. The Kier molecular flexibility index (Phi) is 65.2. The normalized spacial score (nSPS) is 12.6. The van der Waals surface area contributed by atoms with Gasteiger partial charge in [-0.3, -0.25) is 14.4 Å². The van der Waals surface area contributed by atoms with Crippen LogP contribution >= 0.6 is 0 Å². The van der Waals surface area contributed by atoms with Gasteiger partial charge in [0.1, 0.15) is 13.2 Å². The van der Waals surface area contributed by atoms with E-state index < -0.39 is 6.10 Å². The van der Waals surface area contributed by atoms with E-state index in [9.17, 15) is 14.4 Å². The topological polar surface area (TPSA) is 78.9 Å². The minimum absolute atomic E-state index is 0.0743. The summed E-state index contributed by atoms with van der Waals surface area (Å²) in [6.45, 7) is 6.56. The summed E-state index contributed by atoms with van der Waals surface area (Å²) in [4.78, 5) is 38.3. The highest BCUT2D eigenvalue weighted by Gasteiger charge is 2.19. The first-order valence-corrected chi connectivity index (χ1v) is 34.6. The van der Waals surface area contributed by atoms with Crippen LogP contribution < -0.4 is 0 Å². The van der Waals surface area contributed by atoms with Crippen LogP contribution in [0.4, 0.5) is 0 Å². The highest BCUT2D eigenvalue weighted by Crippen LogP contribution is 2.17. The average molecular weight is 1120 g/mol. The van der Waals surface area contributed by atoms with E-state index in [0.29, 0.717) is 19.3 Å². The van der Waals surface area contributed by atoms with Crippen LogP contribution in [-0.4, -0.2) is 37.2 Å². The third-order valence-electron chi connectivity index (χ3n) is 15.1. The van der Waals surface area contributed by atoms with Crippen molar-refractivity contribution >= 4 is 17.9 Å². The second kappa shape index (κ2) is 68.1. The van der Waals surface area contributed by atoms with Crippen molar-refractivity contribution < 1.29 is 28.6 Å². The molecule has 0 fully saturated rings. The molecule has 0 saturated carbocycles. The lowest BCUT2D eigenvalue weighted by Gasteiger charge is -2.18. The number of hydrogen-bond donors (Lipinski definition) is 0. The Labute approximate surface area is 496 Å². The molecule has 80 heavy (non-hydrogen) atoms. The van der Waals surface area contributed by atoms with Gasteiger partial charge >= 0.3 is 17.9 Å². The fraction of sp³-hybridized carbons (Fsp3) is 0.770. The van der Waals surface area contributed by atoms with Crippen molar-refractivity contribution in [2.45, 2.75) is 354 Å². The molecule has 0 rings (SSSR count). The molecule has 0 bridgehead atoms. The highest BCUT2D eigenvalue weighted by molar-refractivity contribution is 5.71. The van der Waals surface area contributed by atoms with Crippen molar-refractivity contribution in [3.05, 3.63) is 85.1 Å². The first kappa shape index (κ1) is 76.6. The van der Waals surface area contributed by atoms with Gasteiger partial charge in [-0.1, -0.05) is 318 Å². The van der Waals surface area contributed by atoms with E-state index in [0.717, 1.165) is 103 Å². The molecule has 0 aromatic carbocycles. The van der Waals surface area contributed by atoms with Gasteiger partial charge in [0, 0.05) is 19.3 Å². The molecule has 0 aromatic heterocycles. The lowest BCUT2D eigenvalue weighted by Crippen LogP contribution is -2.30. The van der Waals surface area contributed by atoms with Gasteiger partial charge in [0.05, 0.1) is 0 Å². The molecule has 0 spiro atoms. The molecular formula is C74H130O6. The van der Waals surface area contributed by atoms with E-state index in [-0.39, 0.29) is 31.1 Å². The van der Waals surface area contributed by atoms with Crippen molar-refractivity contribution in [1.29, 1.82) is 0 Å². The fourth-order valence-electron chi connectivity index (χ4n) is 9.97. The van der Waals surface area contributed by atoms with Crippen molar-refractivity contribution in [3.63, 3.8) is 0 Å². The summed E-state index contributed by atoms with van der Waals surface area (Å²) >= 11 is 0. The number of hydrogen-bond acceptors (Lipinski definition) is 6. The van der Waals surface area contributed by atoms with E-state index in [1.54, 1.807) is 0 Å². The Balaban J connectivity index is 4.18. The Hall–Kier alpha value is -3.41. The first-order valence-electron chi connectivity index (χ1n) is 34.6. The molecule has 1 unspecified atom stereocenters. The molecule has 6 heteroatoms. The average Bonchev–Trinajstić information content (AvgIpc) is 3.46. The van der Waals surface area contributed by atoms with Crippen LogP contribution in [0.25, 0.3) is 0 Å². The van der Waals surface area contributed by atoms with E-state index in [4.69, 9.17) is 14.2 Å². The van der Waals surface area contributed by atoms with Gasteiger partial charge in [-0.25, -0.2) is 0 Å². The SMILES string of the molecule is CC/C=C\C/C=C\C/C=C\C/C=C\C/C=C\C/C=C\CCCCCCCCCCCCCCCCC(=O)OCC(COC(=O)CCCCCCCCCCCCCCC)OC(=O)CCCCCCC/C=C\CCCCCCCCC. The maximum absolute atomic E-state index is 12.9. The summed E-state index contributed by atoms with van der Waals surface area (Å²) in [5.74, 6) is -0.865. The predicted molar refractivity (Wildman–Crippen MR) is 348 cm³/mol. The van der Waals surface area contributed by atoms with Gasteiger partial charge in [0.15, 0.2) is 6.10 Å². The van der Waals surface area contributed by atoms with Gasteiger partial charge < -0.3 is 14.2 Å². The van der Waals surface area contributed by atoms with Crippen LogP contribution in [0, 0.1) is 0 Å². The minimum Gasteiger partial charge on any atom is -0.462 e. The predicted octanol–water partition coefficient (Wildman–Crippen LogP) is 23.8. The molecule has 0 aliphatic heterocycles. The van der Waals surface area contributed by atoms with Crippen LogP contribution in [0.2, 0.25) is 0 Å². The van der Waals surface area contributed by atoms with E-state index in [1.165, 1.54) is 205 Å². The monoisotopic (exact) mass is 1110 g/mol. The molecule has 0 amide bonds. The number of carbonyl (C=O) groups is 3. The summed E-state index contributed by atoms with van der Waals surface area (Å²) in [6.07, 6.45) is 90.4. The number of ether oxygens (including phenoxy) is 3. The van der Waals surface area contributed by atoms with E-state index in [1.807, 2.05) is 0 Å². The number of unbranched alkanes of at least 4 members (excludes halogenated alkanes) is 38. The highest BCUT2D eigenvalue weighted by atomic mass is 16.6. The lowest BCUT2D eigenvalue weighted by atomic mass is 10.0. The Morgan fingerprint density at radius 3 is 0.775 bits per heavy atom. The Morgan fingerprint density at radius 1 is 0.263 bits per heavy atom. The van der Waals surface area contributed by atoms with E-state index >= 15 is 0 Å². The lowest BCUT2D eigenvalue weighted by molar-refractivity contribution is -0.167. The third kappa shape index (κ3) is 65.4. The third-order valence-corrected chi connectivity index (χ3v) is 15.1. The van der Waals surface area contributed by atoms with Gasteiger partial charge in [0.2, 0.25) is 0 Å². The number of rotatable bonds is 63. The largest absolute Gasteiger partial charge is 0.462 e. The molecule has 1 atom stereocenters. The molecule has 0 aliphatic carbocycles. The fourth-order valence-corrected chi connectivity index (χ4v) is 9.97. The molecule has 0 saturated heterocycles. The quantitative estimate of drug-likeness (QED) is 0.0261. The summed E-state index contributed by atoms with van der Waals surface area (Å²) in [5.41, 5.74) is 0. The molecule has 0 radical (unpaired) electrons. The zero-order valence-electron chi connectivity index (χ0n) is 53.1. The summed E-state index contributed by atoms with van der Waals surface area (Å²) in [6, 6.07) is 0. The van der Waals surface area contributed by atoms with Gasteiger partial charge in [-0.05, 0) is 96.3 Å². The molecular weight excluding hydrogens is 985 g/mol. The zero-order valence-corrected chi connectivity index (χ0v) is 53.1. The van der Waals surface area contributed by atoms with Gasteiger partial charge in [-0.2, -0.15) is 0 Å². The summed E-state index contributed by atoms with van der Waals surface area (Å²) in [7, 11) is 0. The van der Waals surface area contributed by atoms with Crippen molar-refractivity contribution in [2.75, 3.05) is 13.2 Å². The molecule has 0 aliphatic rings. The molecule has 6 nitrogen and oxygen atoms in total. The van der Waals surface area contributed by atoms with E-state index in [2.05, 4.69) is 106 Å².